The third kappa shape index (κ3) is 2.15. The number of anilines is 1. The first kappa shape index (κ1) is 11.3. The number of nitrogens with two attached hydrogens (primary N) is 1. The maximum Gasteiger partial charge on any atom is 0.192 e. The summed E-state index contributed by atoms with van der Waals surface area (Å²) in [5.74, 6) is 1.23. The Hall–Kier alpha value is -2.23. The Bertz CT molecular complexity index is 564. The van der Waals surface area contributed by atoms with E-state index in [1.807, 2.05) is 36.4 Å². The number of guanidine groups is 1. The van der Waals surface area contributed by atoms with Crippen LogP contribution >= 0.6 is 0 Å². The van der Waals surface area contributed by atoms with Gasteiger partial charge in [0.05, 0.1) is 7.11 Å². The van der Waals surface area contributed by atoms with Crippen molar-refractivity contribution in [3.63, 3.8) is 0 Å². The zero-order valence-corrected chi connectivity index (χ0v) is 9.90. The Labute approximate surface area is 100 Å². The van der Waals surface area contributed by atoms with Gasteiger partial charge in [0, 0.05) is 23.5 Å². The first-order chi connectivity index (χ1) is 8.26. The van der Waals surface area contributed by atoms with Crippen LogP contribution in [0.15, 0.2) is 41.4 Å². The summed E-state index contributed by atoms with van der Waals surface area (Å²) in [5, 5.41) is 5.16. The molecule has 2 rings (SSSR count). The average Bonchev–Trinajstić information content (AvgIpc) is 2.39. The van der Waals surface area contributed by atoms with Crippen LogP contribution in [0.25, 0.3) is 10.8 Å². The molecule has 0 heterocycles. The topological polar surface area (TPSA) is 59.6 Å². The van der Waals surface area contributed by atoms with E-state index in [1.54, 1.807) is 14.2 Å². The van der Waals surface area contributed by atoms with Crippen LogP contribution in [0.2, 0.25) is 0 Å². The van der Waals surface area contributed by atoms with E-state index in [1.165, 1.54) is 0 Å². The van der Waals surface area contributed by atoms with Gasteiger partial charge >= 0.3 is 0 Å². The van der Waals surface area contributed by atoms with Gasteiger partial charge in [-0.3, -0.25) is 4.99 Å². The van der Waals surface area contributed by atoms with Crippen molar-refractivity contribution in [2.75, 3.05) is 19.5 Å². The Morgan fingerprint density at radius 2 is 1.88 bits per heavy atom. The lowest BCUT2D eigenvalue weighted by Crippen LogP contribution is -2.22. The van der Waals surface area contributed by atoms with Crippen molar-refractivity contribution in [1.29, 1.82) is 0 Å². The highest BCUT2D eigenvalue weighted by molar-refractivity contribution is 6.04. The molecule has 0 fully saturated rings. The number of hydrogen-bond donors (Lipinski definition) is 2. The fourth-order valence-electron chi connectivity index (χ4n) is 1.75. The van der Waals surface area contributed by atoms with Crippen LogP contribution in [0.1, 0.15) is 0 Å². The molecule has 3 N–H and O–H groups in total. The van der Waals surface area contributed by atoms with E-state index in [4.69, 9.17) is 10.5 Å². The van der Waals surface area contributed by atoms with Crippen LogP contribution < -0.4 is 15.8 Å². The lowest BCUT2D eigenvalue weighted by Gasteiger charge is -2.11. The molecular weight excluding hydrogens is 214 g/mol. The van der Waals surface area contributed by atoms with E-state index in [0.29, 0.717) is 5.96 Å². The molecule has 0 unspecified atom stereocenters. The molecule has 88 valence electrons. The van der Waals surface area contributed by atoms with Gasteiger partial charge in [0.1, 0.15) is 5.75 Å². The Morgan fingerprint density at radius 1 is 1.18 bits per heavy atom. The molecule has 0 spiro atoms. The third-order valence-corrected chi connectivity index (χ3v) is 2.61. The SMILES string of the molecule is CN=C(N)Nc1ccc(OC)c2ccccc12. The fourth-order valence-corrected chi connectivity index (χ4v) is 1.75. The lowest BCUT2D eigenvalue weighted by atomic mass is 10.1. The van der Waals surface area contributed by atoms with Crippen LogP contribution in [0, 0.1) is 0 Å². The summed E-state index contributed by atoms with van der Waals surface area (Å²) in [6.45, 7) is 0. The van der Waals surface area contributed by atoms with Crippen LogP contribution in [-0.4, -0.2) is 20.1 Å². The van der Waals surface area contributed by atoms with Gasteiger partial charge in [0.15, 0.2) is 5.96 Å². The van der Waals surface area contributed by atoms with Crippen molar-refractivity contribution in [2.24, 2.45) is 10.7 Å². The predicted molar refractivity (Wildman–Crippen MR) is 71.7 cm³/mol. The van der Waals surface area contributed by atoms with Gasteiger partial charge in [-0.25, -0.2) is 0 Å². The standard InChI is InChI=1S/C13H15N3O/c1-15-13(14)16-11-7-8-12(17-2)10-6-4-3-5-9(10)11/h3-8H,1-2H3,(H3,14,15,16). The first-order valence-corrected chi connectivity index (χ1v) is 5.31. The number of ether oxygens (including phenoxy) is 1. The molecule has 2 aromatic rings. The van der Waals surface area contributed by atoms with E-state index in [0.717, 1.165) is 22.2 Å². The van der Waals surface area contributed by atoms with E-state index in [-0.39, 0.29) is 0 Å². The number of benzene rings is 2. The van der Waals surface area contributed by atoms with Crippen molar-refractivity contribution < 1.29 is 4.74 Å². The van der Waals surface area contributed by atoms with Crippen molar-refractivity contribution in [1.82, 2.24) is 0 Å². The number of methoxy groups -OCH3 is 1. The molecule has 0 radical (unpaired) electrons. The van der Waals surface area contributed by atoms with Crippen LogP contribution in [-0.2, 0) is 0 Å². The molecule has 0 atom stereocenters. The maximum absolute atomic E-state index is 5.67. The Morgan fingerprint density at radius 3 is 2.53 bits per heavy atom. The molecule has 17 heavy (non-hydrogen) atoms. The highest BCUT2D eigenvalue weighted by Crippen LogP contribution is 2.31. The quantitative estimate of drug-likeness (QED) is 0.613. The molecule has 0 aliphatic heterocycles. The number of fused-ring (bicyclic) bond motifs is 1. The number of hydrogen-bond acceptors (Lipinski definition) is 2. The molecule has 0 saturated heterocycles. The normalized spacial score (nSPS) is 11.5. The van der Waals surface area contributed by atoms with E-state index >= 15 is 0 Å². The molecule has 0 aromatic heterocycles. The second kappa shape index (κ2) is 4.74. The molecule has 2 aromatic carbocycles. The fraction of sp³-hybridized carbons (Fsp3) is 0.154. The molecule has 0 bridgehead atoms. The average molecular weight is 229 g/mol. The summed E-state index contributed by atoms with van der Waals surface area (Å²) in [4.78, 5) is 3.89. The molecule has 0 aliphatic rings. The first-order valence-electron chi connectivity index (χ1n) is 5.31. The summed E-state index contributed by atoms with van der Waals surface area (Å²) in [5.41, 5.74) is 6.60. The van der Waals surface area contributed by atoms with Gasteiger partial charge in [-0.1, -0.05) is 24.3 Å². The molecule has 4 nitrogen and oxygen atoms in total. The highest BCUT2D eigenvalue weighted by Gasteiger charge is 2.05. The van der Waals surface area contributed by atoms with E-state index in [2.05, 4.69) is 10.3 Å². The zero-order chi connectivity index (χ0) is 12.3. The summed E-state index contributed by atoms with van der Waals surface area (Å²) in [7, 11) is 3.31. The summed E-state index contributed by atoms with van der Waals surface area (Å²) >= 11 is 0. The number of aliphatic imine (C=N–C) groups is 1. The minimum Gasteiger partial charge on any atom is -0.496 e. The summed E-state index contributed by atoms with van der Waals surface area (Å²) in [6, 6.07) is 11.8. The molecule has 0 aliphatic carbocycles. The Kier molecular flexibility index (Phi) is 3.14. The van der Waals surface area contributed by atoms with Gasteiger partial charge in [0.2, 0.25) is 0 Å². The van der Waals surface area contributed by atoms with Crippen molar-refractivity contribution in [3.8, 4) is 5.75 Å². The van der Waals surface area contributed by atoms with Crippen LogP contribution in [0.3, 0.4) is 0 Å². The maximum atomic E-state index is 5.67. The summed E-state index contributed by atoms with van der Waals surface area (Å²) < 4.78 is 5.32. The van der Waals surface area contributed by atoms with Gasteiger partial charge in [-0.05, 0) is 12.1 Å². The van der Waals surface area contributed by atoms with Gasteiger partial charge in [0.25, 0.3) is 0 Å². The number of nitrogens with one attached hydrogen (secondary N) is 1. The Balaban J connectivity index is 2.58. The van der Waals surface area contributed by atoms with Crippen LogP contribution in [0.5, 0.6) is 5.75 Å². The third-order valence-electron chi connectivity index (χ3n) is 2.61. The van der Waals surface area contributed by atoms with E-state index < -0.39 is 0 Å². The monoisotopic (exact) mass is 229 g/mol. The smallest absolute Gasteiger partial charge is 0.192 e. The zero-order valence-electron chi connectivity index (χ0n) is 9.90. The minimum atomic E-state index is 0.389. The van der Waals surface area contributed by atoms with Gasteiger partial charge < -0.3 is 15.8 Å². The van der Waals surface area contributed by atoms with Crippen molar-refractivity contribution >= 4 is 22.4 Å². The second-order valence-corrected chi connectivity index (χ2v) is 3.59. The molecule has 4 heteroatoms. The largest absolute Gasteiger partial charge is 0.496 e. The lowest BCUT2D eigenvalue weighted by molar-refractivity contribution is 0.420. The predicted octanol–water partition coefficient (Wildman–Crippen LogP) is 2.20. The minimum absolute atomic E-state index is 0.389. The highest BCUT2D eigenvalue weighted by atomic mass is 16.5. The van der Waals surface area contributed by atoms with Gasteiger partial charge in [-0.2, -0.15) is 0 Å². The van der Waals surface area contributed by atoms with Gasteiger partial charge in [-0.15, -0.1) is 0 Å². The molecular formula is C13H15N3O. The molecule has 0 saturated carbocycles. The second-order valence-electron chi connectivity index (χ2n) is 3.59. The number of rotatable bonds is 2. The van der Waals surface area contributed by atoms with Crippen molar-refractivity contribution in [2.45, 2.75) is 0 Å². The van der Waals surface area contributed by atoms with E-state index in [9.17, 15) is 0 Å². The summed E-state index contributed by atoms with van der Waals surface area (Å²) in [6.07, 6.45) is 0. The number of nitrogens with zero attached hydrogens (tertiary/aromatic N) is 1. The van der Waals surface area contributed by atoms with Crippen molar-refractivity contribution in [3.05, 3.63) is 36.4 Å². The van der Waals surface area contributed by atoms with Crippen LogP contribution in [0.4, 0.5) is 5.69 Å². The molecule has 0 amide bonds.